The second kappa shape index (κ2) is 6.74. The van der Waals surface area contributed by atoms with Crippen molar-refractivity contribution in [3.05, 3.63) is 58.6 Å². The number of hydrogen-bond acceptors (Lipinski definition) is 5. The molecule has 1 aromatic heterocycles. The fourth-order valence-corrected chi connectivity index (χ4v) is 2.07. The van der Waals surface area contributed by atoms with Crippen molar-refractivity contribution in [2.24, 2.45) is 0 Å². The fourth-order valence-electron chi connectivity index (χ4n) is 2.07. The number of nitro groups is 1. The summed E-state index contributed by atoms with van der Waals surface area (Å²) >= 11 is 0. The van der Waals surface area contributed by atoms with Crippen molar-refractivity contribution in [3.63, 3.8) is 0 Å². The topological polar surface area (TPSA) is 87.3 Å². The van der Waals surface area contributed by atoms with Gasteiger partial charge in [0.25, 0.3) is 5.69 Å². The molecule has 1 aromatic carbocycles. The maximum Gasteiger partial charge on any atom is 0.450 e. The molecule has 0 amide bonds. The Bertz CT molecular complexity index is 958. The Kier molecular flexibility index (Phi) is 4.97. The van der Waals surface area contributed by atoms with E-state index < -0.39 is 51.5 Å². The number of carbonyl (C=O) groups excluding carboxylic acids is 1. The van der Waals surface area contributed by atoms with Gasteiger partial charge in [0.15, 0.2) is 5.52 Å². The minimum Gasteiger partial charge on any atom is -0.418 e. The first-order chi connectivity index (χ1) is 12.4. The molecule has 0 bridgehead atoms. The van der Waals surface area contributed by atoms with Crippen LogP contribution in [0.2, 0.25) is 0 Å². The second-order valence-corrected chi connectivity index (χ2v) is 4.83. The molecule has 13 heteroatoms. The third kappa shape index (κ3) is 3.91. The third-order valence-corrected chi connectivity index (χ3v) is 3.08. The summed E-state index contributed by atoms with van der Waals surface area (Å²) in [4.78, 5) is 24.7. The van der Waals surface area contributed by atoms with Gasteiger partial charge in [0.05, 0.1) is 22.3 Å². The highest BCUT2D eigenvalue weighted by atomic mass is 19.4. The molecule has 0 aliphatic rings. The smallest absolute Gasteiger partial charge is 0.418 e. The van der Waals surface area contributed by atoms with E-state index in [-0.39, 0.29) is 16.7 Å². The highest BCUT2D eigenvalue weighted by Crippen LogP contribution is 2.39. The summed E-state index contributed by atoms with van der Waals surface area (Å²) in [5.74, 6) is -1.98. The lowest BCUT2D eigenvalue weighted by atomic mass is 10.1. The summed E-state index contributed by atoms with van der Waals surface area (Å²) < 4.78 is 82.3. The Morgan fingerprint density at radius 2 is 1.85 bits per heavy atom. The number of rotatable bonds is 3. The Hall–Kier alpha value is -3.38. The van der Waals surface area contributed by atoms with Crippen LogP contribution in [0.5, 0.6) is 0 Å². The van der Waals surface area contributed by atoms with E-state index >= 15 is 0 Å². The molecule has 2 rings (SSSR count). The minimum atomic E-state index is -5.31. The van der Waals surface area contributed by atoms with Gasteiger partial charge in [-0.15, -0.1) is 0 Å². The molecule has 0 atom stereocenters. The van der Waals surface area contributed by atoms with Crippen molar-refractivity contribution < 1.29 is 40.8 Å². The van der Waals surface area contributed by atoms with Crippen LogP contribution >= 0.6 is 0 Å². The standard InChI is InChI=1S/C14H7F6N3O4/c1-2-3-4-27-12(24)22-10-8(21-11(22)14(18,19)20)5-7(13(15,16)17)6-9(10)23(25)26/h2-6H,1H2. The van der Waals surface area contributed by atoms with Crippen LogP contribution in [0, 0.1) is 10.1 Å². The molecule has 7 nitrogen and oxygen atoms in total. The van der Waals surface area contributed by atoms with Gasteiger partial charge in [0.1, 0.15) is 0 Å². The van der Waals surface area contributed by atoms with Crippen molar-refractivity contribution in [1.82, 2.24) is 9.55 Å². The molecule has 0 fully saturated rings. The van der Waals surface area contributed by atoms with E-state index in [0.29, 0.717) is 6.26 Å². The average Bonchev–Trinajstić information content (AvgIpc) is 2.92. The summed E-state index contributed by atoms with van der Waals surface area (Å²) in [6.07, 6.45) is -9.38. The zero-order valence-corrected chi connectivity index (χ0v) is 12.8. The Morgan fingerprint density at radius 3 is 2.33 bits per heavy atom. The van der Waals surface area contributed by atoms with Crippen LogP contribution in [0.25, 0.3) is 11.0 Å². The molecular weight excluding hydrogens is 388 g/mol. The molecule has 27 heavy (non-hydrogen) atoms. The van der Waals surface area contributed by atoms with Crippen LogP contribution in [0.15, 0.2) is 37.1 Å². The number of allylic oxidation sites excluding steroid dienone is 2. The number of nitro benzene ring substituents is 1. The molecule has 0 radical (unpaired) electrons. The monoisotopic (exact) mass is 395 g/mol. The Labute approximate surface area is 145 Å². The van der Waals surface area contributed by atoms with Gasteiger partial charge in [-0.25, -0.2) is 14.3 Å². The number of carbonyl (C=O) groups is 1. The number of nitrogens with zero attached hydrogens (tertiary/aromatic N) is 3. The number of hydrogen-bond donors (Lipinski definition) is 0. The molecule has 2 aromatic rings. The van der Waals surface area contributed by atoms with Crippen molar-refractivity contribution in [2.75, 3.05) is 0 Å². The fraction of sp³-hybridized carbons (Fsp3) is 0.143. The first kappa shape index (κ1) is 19.9. The van der Waals surface area contributed by atoms with E-state index in [2.05, 4.69) is 16.3 Å². The quantitative estimate of drug-likeness (QED) is 0.248. The maximum atomic E-state index is 13.2. The highest BCUT2D eigenvalue weighted by molar-refractivity contribution is 5.94. The number of benzene rings is 1. The van der Waals surface area contributed by atoms with Crippen LogP contribution in [-0.4, -0.2) is 20.6 Å². The summed E-state index contributed by atoms with van der Waals surface area (Å²) in [5.41, 5.74) is -5.13. The largest absolute Gasteiger partial charge is 0.450 e. The Balaban J connectivity index is 2.89. The van der Waals surface area contributed by atoms with Crippen molar-refractivity contribution in [3.8, 4) is 0 Å². The zero-order valence-electron chi connectivity index (χ0n) is 12.8. The lowest BCUT2D eigenvalue weighted by Crippen LogP contribution is -2.21. The predicted octanol–water partition coefficient (Wildman–Crippen LogP) is 4.67. The number of imidazole rings is 1. The van der Waals surface area contributed by atoms with Crippen molar-refractivity contribution in [1.29, 1.82) is 0 Å². The number of halogens is 6. The second-order valence-electron chi connectivity index (χ2n) is 4.83. The first-order valence-corrected chi connectivity index (χ1v) is 6.71. The van der Waals surface area contributed by atoms with Gasteiger partial charge in [0.2, 0.25) is 5.82 Å². The van der Waals surface area contributed by atoms with E-state index in [1.165, 1.54) is 0 Å². The summed E-state index contributed by atoms with van der Waals surface area (Å²) in [5, 5.41) is 11.1. The first-order valence-electron chi connectivity index (χ1n) is 6.71. The van der Waals surface area contributed by atoms with Gasteiger partial charge in [-0.1, -0.05) is 12.7 Å². The van der Waals surface area contributed by atoms with Gasteiger partial charge in [0, 0.05) is 6.07 Å². The van der Waals surface area contributed by atoms with Crippen molar-refractivity contribution in [2.45, 2.75) is 12.4 Å². The number of ether oxygens (including phenoxy) is 1. The van der Waals surface area contributed by atoms with E-state index in [1.807, 2.05) is 0 Å². The summed E-state index contributed by atoms with van der Waals surface area (Å²) in [7, 11) is 0. The van der Waals surface area contributed by atoms with Gasteiger partial charge in [-0.2, -0.15) is 26.3 Å². The predicted molar refractivity (Wildman–Crippen MR) is 77.6 cm³/mol. The molecule has 0 saturated carbocycles. The zero-order chi connectivity index (χ0) is 20.6. The van der Waals surface area contributed by atoms with Gasteiger partial charge in [-0.3, -0.25) is 10.1 Å². The third-order valence-electron chi connectivity index (χ3n) is 3.08. The molecule has 0 aliphatic heterocycles. The molecular formula is C14H7F6N3O4. The molecule has 1 heterocycles. The SMILES string of the molecule is C=CC=COC(=O)n1c(C(F)(F)F)nc2cc(C(F)(F)F)cc([N+](=O)[O-])c21. The molecule has 144 valence electrons. The number of alkyl halides is 6. The highest BCUT2D eigenvalue weighted by Gasteiger charge is 2.43. The lowest BCUT2D eigenvalue weighted by molar-refractivity contribution is -0.383. The van der Waals surface area contributed by atoms with E-state index in [9.17, 15) is 41.3 Å². The maximum absolute atomic E-state index is 13.2. The van der Waals surface area contributed by atoms with Crippen molar-refractivity contribution >= 4 is 22.8 Å². The molecule has 0 spiro atoms. The number of non-ortho nitro benzene ring substituents is 1. The van der Waals surface area contributed by atoms with Crippen LogP contribution in [-0.2, 0) is 17.1 Å². The van der Waals surface area contributed by atoms with E-state index in [0.717, 1.165) is 12.2 Å². The summed E-state index contributed by atoms with van der Waals surface area (Å²) in [6.45, 7) is 3.22. The Morgan fingerprint density at radius 1 is 1.22 bits per heavy atom. The van der Waals surface area contributed by atoms with Crippen LogP contribution in [0.1, 0.15) is 11.4 Å². The molecule has 0 unspecified atom stereocenters. The van der Waals surface area contributed by atoms with Crippen LogP contribution < -0.4 is 0 Å². The summed E-state index contributed by atoms with van der Waals surface area (Å²) in [6, 6.07) is 0.175. The number of fused-ring (bicyclic) bond motifs is 1. The number of aromatic nitrogens is 2. The lowest BCUT2D eigenvalue weighted by Gasteiger charge is -2.09. The molecule has 0 saturated heterocycles. The van der Waals surface area contributed by atoms with Crippen LogP contribution in [0.4, 0.5) is 36.8 Å². The van der Waals surface area contributed by atoms with Crippen LogP contribution in [0.3, 0.4) is 0 Å². The van der Waals surface area contributed by atoms with E-state index in [1.54, 1.807) is 0 Å². The van der Waals surface area contributed by atoms with Gasteiger partial charge < -0.3 is 4.74 Å². The van der Waals surface area contributed by atoms with Gasteiger partial charge in [-0.05, 0) is 12.1 Å². The average molecular weight is 395 g/mol. The minimum absolute atomic E-state index is 0.00747. The normalized spacial score (nSPS) is 12.5. The van der Waals surface area contributed by atoms with E-state index in [4.69, 9.17) is 0 Å². The molecule has 0 N–H and O–H groups in total. The molecule has 0 aliphatic carbocycles. The van der Waals surface area contributed by atoms with Gasteiger partial charge >= 0.3 is 18.4 Å².